The number of anilines is 1. The van der Waals surface area contributed by atoms with Gasteiger partial charge in [-0.1, -0.05) is 0 Å². The molecule has 0 spiro atoms. The number of ether oxygens (including phenoxy) is 1. The van der Waals surface area contributed by atoms with Crippen molar-refractivity contribution < 1.29 is 9.53 Å². The zero-order valence-corrected chi connectivity index (χ0v) is 14.6. The van der Waals surface area contributed by atoms with E-state index in [1.165, 1.54) is 11.7 Å². The Balaban J connectivity index is 1.73. The third-order valence-corrected chi connectivity index (χ3v) is 4.47. The van der Waals surface area contributed by atoms with Crippen LogP contribution in [0.5, 0.6) is 0 Å². The number of rotatable bonds is 8. The van der Waals surface area contributed by atoms with Crippen LogP contribution in [0.2, 0.25) is 0 Å². The summed E-state index contributed by atoms with van der Waals surface area (Å²) in [6, 6.07) is 0. The number of amidine groups is 1. The Kier molecular flexibility index (Phi) is 6.59. The van der Waals surface area contributed by atoms with Crippen LogP contribution in [0.15, 0.2) is 4.79 Å². The molecule has 2 heterocycles. The van der Waals surface area contributed by atoms with Crippen LogP contribution in [0.4, 0.5) is 5.82 Å². The molecule has 1 fully saturated rings. The summed E-state index contributed by atoms with van der Waals surface area (Å²) in [5.74, 6) is -0.205. The summed E-state index contributed by atoms with van der Waals surface area (Å²) in [4.78, 5) is 30.1. The predicted molar refractivity (Wildman–Crippen MR) is 94.6 cm³/mol. The Morgan fingerprint density at radius 1 is 1.20 bits per heavy atom. The smallest absolute Gasteiger partial charge is 0.327 e. The number of nitrogens with two attached hydrogens (primary N) is 2. The van der Waals surface area contributed by atoms with E-state index in [9.17, 15) is 9.59 Å². The molecule has 1 saturated heterocycles. The van der Waals surface area contributed by atoms with Gasteiger partial charge in [0, 0.05) is 39.3 Å². The maximum absolute atomic E-state index is 11.9. The Morgan fingerprint density at radius 2 is 1.80 bits per heavy atom. The molecule has 6 N–H and O–H groups in total. The fourth-order valence-corrected chi connectivity index (χ4v) is 2.95. The van der Waals surface area contributed by atoms with Gasteiger partial charge in [0.05, 0.1) is 13.5 Å². The van der Waals surface area contributed by atoms with Gasteiger partial charge >= 0.3 is 11.7 Å². The molecule has 1 aliphatic heterocycles. The summed E-state index contributed by atoms with van der Waals surface area (Å²) in [6.45, 7) is 5.75. The normalized spacial score (nSPS) is 16.0. The molecule has 0 radical (unpaired) electrons. The van der Waals surface area contributed by atoms with Crippen molar-refractivity contribution in [1.82, 2.24) is 19.4 Å². The number of H-pyrrole nitrogens is 1. The van der Waals surface area contributed by atoms with Gasteiger partial charge < -0.3 is 31.0 Å². The van der Waals surface area contributed by atoms with Gasteiger partial charge in [-0.2, -0.15) is 0 Å². The van der Waals surface area contributed by atoms with Crippen LogP contribution >= 0.6 is 0 Å². The standard InChI is InChI=1S/C15H27N7O3/c1-25-11(23)3-6-21-9-7-20(8-10-21)4-2-5-22-14(18)12(13(16)17)19-15(22)24/h2-10,18H2,1H3,(H3,16,17)(H,19,24). The van der Waals surface area contributed by atoms with Crippen LogP contribution in [0.25, 0.3) is 0 Å². The molecule has 0 aromatic carbocycles. The average Bonchev–Trinajstić information content (AvgIpc) is 2.89. The summed E-state index contributed by atoms with van der Waals surface area (Å²) in [5, 5.41) is 7.39. The van der Waals surface area contributed by atoms with Gasteiger partial charge in [0.2, 0.25) is 0 Å². The van der Waals surface area contributed by atoms with E-state index in [4.69, 9.17) is 16.9 Å². The fourth-order valence-electron chi connectivity index (χ4n) is 2.95. The van der Waals surface area contributed by atoms with Crippen molar-refractivity contribution in [3.63, 3.8) is 0 Å². The second-order valence-electron chi connectivity index (χ2n) is 6.12. The van der Waals surface area contributed by atoms with Gasteiger partial charge in [0.1, 0.15) is 17.3 Å². The highest BCUT2D eigenvalue weighted by Gasteiger charge is 2.18. The summed E-state index contributed by atoms with van der Waals surface area (Å²) >= 11 is 0. The monoisotopic (exact) mass is 353 g/mol. The van der Waals surface area contributed by atoms with Crippen molar-refractivity contribution in [3.05, 3.63) is 16.2 Å². The van der Waals surface area contributed by atoms with Crippen molar-refractivity contribution in [3.8, 4) is 0 Å². The van der Waals surface area contributed by atoms with Crippen LogP contribution < -0.4 is 17.2 Å². The molecule has 1 aromatic rings. The van der Waals surface area contributed by atoms with Crippen LogP contribution in [-0.4, -0.2) is 77.5 Å². The maximum atomic E-state index is 11.9. The first-order chi connectivity index (χ1) is 11.9. The number of carbonyl (C=O) groups excluding carboxylic acids is 1. The molecule has 140 valence electrons. The molecular formula is C15H27N7O3. The molecule has 10 nitrogen and oxygen atoms in total. The Morgan fingerprint density at radius 3 is 2.32 bits per heavy atom. The lowest BCUT2D eigenvalue weighted by Crippen LogP contribution is -2.47. The number of esters is 1. The Bertz CT molecular complexity index is 659. The van der Waals surface area contributed by atoms with Crippen molar-refractivity contribution in [2.75, 3.05) is 52.1 Å². The minimum absolute atomic E-state index is 0.179. The molecule has 0 unspecified atom stereocenters. The SMILES string of the molecule is COC(=O)CCN1CCN(CCCn2c(N)c(C(=N)N)[nH]c2=O)CC1. The minimum atomic E-state index is -0.338. The van der Waals surface area contributed by atoms with Crippen molar-refractivity contribution in [1.29, 1.82) is 5.41 Å². The lowest BCUT2D eigenvalue weighted by Gasteiger charge is -2.34. The number of hydrogen-bond acceptors (Lipinski definition) is 7. The maximum Gasteiger partial charge on any atom is 0.327 e. The highest BCUT2D eigenvalue weighted by atomic mass is 16.5. The van der Waals surface area contributed by atoms with E-state index in [0.717, 1.165) is 45.7 Å². The largest absolute Gasteiger partial charge is 0.469 e. The number of imidazole rings is 1. The number of aromatic nitrogens is 2. The van der Waals surface area contributed by atoms with Crippen molar-refractivity contribution >= 4 is 17.6 Å². The second-order valence-corrected chi connectivity index (χ2v) is 6.12. The molecule has 0 amide bonds. The van der Waals surface area contributed by atoms with E-state index in [2.05, 4.69) is 19.5 Å². The molecule has 0 aliphatic carbocycles. The average molecular weight is 353 g/mol. The topological polar surface area (TPSA) is 146 Å². The molecule has 0 atom stereocenters. The summed E-state index contributed by atoms with van der Waals surface area (Å²) < 4.78 is 6.08. The number of carbonyl (C=O) groups is 1. The van der Waals surface area contributed by atoms with Gasteiger partial charge in [-0.15, -0.1) is 0 Å². The number of nitrogen functional groups attached to an aromatic ring is 2. The lowest BCUT2D eigenvalue weighted by molar-refractivity contribution is -0.141. The molecular weight excluding hydrogens is 326 g/mol. The third kappa shape index (κ3) is 5.07. The Labute approximate surface area is 146 Å². The van der Waals surface area contributed by atoms with E-state index in [1.54, 1.807) is 0 Å². The lowest BCUT2D eigenvalue weighted by atomic mass is 10.2. The first-order valence-electron chi connectivity index (χ1n) is 8.36. The van der Waals surface area contributed by atoms with Gasteiger partial charge in [0.15, 0.2) is 0 Å². The number of aromatic amines is 1. The predicted octanol–water partition coefficient (Wildman–Crippen LogP) is -1.39. The first-order valence-corrected chi connectivity index (χ1v) is 8.36. The van der Waals surface area contributed by atoms with Crippen LogP contribution in [0, 0.1) is 5.41 Å². The van der Waals surface area contributed by atoms with Gasteiger partial charge in [-0.3, -0.25) is 14.8 Å². The van der Waals surface area contributed by atoms with Crippen molar-refractivity contribution in [2.24, 2.45) is 5.73 Å². The molecule has 1 aliphatic rings. The number of methoxy groups -OCH3 is 1. The number of nitrogens with zero attached hydrogens (tertiary/aromatic N) is 3. The molecule has 10 heteroatoms. The van der Waals surface area contributed by atoms with Gasteiger partial charge in [-0.25, -0.2) is 4.79 Å². The summed E-state index contributed by atoms with van der Waals surface area (Å²) in [6.07, 6.45) is 1.20. The van der Waals surface area contributed by atoms with Crippen LogP contribution in [0.1, 0.15) is 18.5 Å². The first kappa shape index (κ1) is 19.0. The van der Waals surface area contributed by atoms with Gasteiger partial charge in [0.25, 0.3) is 0 Å². The number of hydrogen-bond donors (Lipinski definition) is 4. The molecule has 1 aromatic heterocycles. The fraction of sp³-hybridized carbons (Fsp3) is 0.667. The Hall–Kier alpha value is -2.33. The molecule has 0 bridgehead atoms. The number of piperazine rings is 1. The van der Waals surface area contributed by atoms with Crippen molar-refractivity contribution in [2.45, 2.75) is 19.4 Å². The zero-order valence-electron chi connectivity index (χ0n) is 14.6. The van der Waals surface area contributed by atoms with Gasteiger partial charge in [-0.05, 0) is 13.0 Å². The van der Waals surface area contributed by atoms with E-state index in [0.29, 0.717) is 13.0 Å². The second kappa shape index (κ2) is 8.67. The molecule has 0 saturated carbocycles. The van der Waals surface area contributed by atoms with E-state index in [-0.39, 0.29) is 29.0 Å². The van der Waals surface area contributed by atoms with Crippen LogP contribution in [0.3, 0.4) is 0 Å². The van der Waals surface area contributed by atoms with E-state index < -0.39 is 0 Å². The number of nitrogens with one attached hydrogen (secondary N) is 2. The quantitative estimate of drug-likeness (QED) is 0.256. The highest BCUT2D eigenvalue weighted by molar-refractivity contribution is 5.97. The highest BCUT2D eigenvalue weighted by Crippen LogP contribution is 2.08. The van der Waals surface area contributed by atoms with E-state index >= 15 is 0 Å². The van der Waals surface area contributed by atoms with E-state index in [1.807, 2.05) is 0 Å². The molecule has 2 rings (SSSR count). The third-order valence-electron chi connectivity index (χ3n) is 4.47. The summed E-state index contributed by atoms with van der Waals surface area (Å²) in [7, 11) is 1.40. The minimum Gasteiger partial charge on any atom is -0.469 e. The summed E-state index contributed by atoms with van der Waals surface area (Å²) in [5.41, 5.74) is 11.1. The zero-order chi connectivity index (χ0) is 18.4. The molecule has 25 heavy (non-hydrogen) atoms. The van der Waals surface area contributed by atoms with Crippen LogP contribution in [-0.2, 0) is 16.1 Å².